The van der Waals surface area contributed by atoms with Crippen molar-refractivity contribution in [3.8, 4) is 0 Å². The third kappa shape index (κ3) is 2.59. The SMILES string of the molecule is CC(C)(C)NC1(c2nc(C(F)(F)F)no2)CC1. The second-order valence-corrected chi connectivity index (χ2v) is 5.38. The van der Waals surface area contributed by atoms with Gasteiger partial charge in [0.1, 0.15) is 0 Å². The van der Waals surface area contributed by atoms with Gasteiger partial charge in [-0.15, -0.1) is 0 Å². The Morgan fingerprint density at radius 1 is 1.24 bits per heavy atom. The molecule has 0 radical (unpaired) electrons. The van der Waals surface area contributed by atoms with E-state index in [1.165, 1.54) is 0 Å². The van der Waals surface area contributed by atoms with Crippen LogP contribution in [-0.2, 0) is 11.7 Å². The molecule has 0 atom stereocenters. The van der Waals surface area contributed by atoms with Gasteiger partial charge >= 0.3 is 6.18 Å². The molecule has 7 heteroatoms. The fourth-order valence-electron chi connectivity index (χ4n) is 1.77. The Morgan fingerprint density at radius 2 is 1.82 bits per heavy atom. The summed E-state index contributed by atoms with van der Waals surface area (Å²) in [6.45, 7) is 5.82. The lowest BCUT2D eigenvalue weighted by molar-refractivity contribution is -0.146. The van der Waals surface area contributed by atoms with Gasteiger partial charge in [0.2, 0.25) is 5.89 Å². The molecule has 96 valence electrons. The minimum atomic E-state index is -4.56. The van der Waals surface area contributed by atoms with Crippen LogP contribution in [0, 0.1) is 0 Å². The minimum absolute atomic E-state index is 0.0275. The summed E-state index contributed by atoms with van der Waals surface area (Å²) in [6.07, 6.45) is -3.13. The zero-order valence-corrected chi connectivity index (χ0v) is 9.85. The Hall–Kier alpha value is -1.11. The van der Waals surface area contributed by atoms with Crippen LogP contribution in [0.1, 0.15) is 45.3 Å². The van der Waals surface area contributed by atoms with Gasteiger partial charge in [0.05, 0.1) is 5.54 Å². The van der Waals surface area contributed by atoms with E-state index in [0.717, 1.165) is 0 Å². The van der Waals surface area contributed by atoms with E-state index in [9.17, 15) is 13.2 Å². The maximum atomic E-state index is 12.3. The van der Waals surface area contributed by atoms with E-state index >= 15 is 0 Å². The molecule has 0 aliphatic heterocycles. The van der Waals surface area contributed by atoms with Gasteiger partial charge < -0.3 is 4.52 Å². The maximum Gasteiger partial charge on any atom is 0.455 e. The molecule has 1 aliphatic rings. The number of nitrogens with zero attached hydrogens (tertiary/aromatic N) is 2. The van der Waals surface area contributed by atoms with Gasteiger partial charge in [0.25, 0.3) is 5.82 Å². The summed E-state index contributed by atoms with van der Waals surface area (Å²) in [5, 5.41) is 6.20. The summed E-state index contributed by atoms with van der Waals surface area (Å²) < 4.78 is 41.7. The number of hydrogen-bond acceptors (Lipinski definition) is 4. The Morgan fingerprint density at radius 3 is 2.18 bits per heavy atom. The van der Waals surface area contributed by atoms with Crippen LogP contribution in [0.15, 0.2) is 4.52 Å². The Bertz CT molecular complexity index is 415. The van der Waals surface area contributed by atoms with E-state index in [4.69, 9.17) is 4.52 Å². The first-order chi connectivity index (χ1) is 7.62. The average molecular weight is 249 g/mol. The van der Waals surface area contributed by atoms with E-state index < -0.39 is 17.5 Å². The summed E-state index contributed by atoms with van der Waals surface area (Å²) >= 11 is 0. The lowest BCUT2D eigenvalue weighted by Gasteiger charge is -2.26. The van der Waals surface area contributed by atoms with Gasteiger partial charge in [-0.05, 0) is 33.6 Å². The van der Waals surface area contributed by atoms with E-state index in [1.54, 1.807) is 0 Å². The fourth-order valence-corrected chi connectivity index (χ4v) is 1.77. The molecule has 0 saturated heterocycles. The molecule has 0 aromatic carbocycles. The number of nitrogens with one attached hydrogen (secondary N) is 1. The first kappa shape index (κ1) is 12.3. The number of aromatic nitrogens is 2. The van der Waals surface area contributed by atoms with Gasteiger partial charge in [-0.25, -0.2) is 0 Å². The smallest absolute Gasteiger partial charge is 0.337 e. The van der Waals surface area contributed by atoms with Crippen molar-refractivity contribution in [2.75, 3.05) is 0 Å². The maximum absolute atomic E-state index is 12.3. The van der Waals surface area contributed by atoms with Crippen LogP contribution in [0.2, 0.25) is 0 Å². The topological polar surface area (TPSA) is 51.0 Å². The van der Waals surface area contributed by atoms with Crippen molar-refractivity contribution in [3.63, 3.8) is 0 Å². The number of rotatable bonds is 2. The summed E-state index contributed by atoms with van der Waals surface area (Å²) in [5.74, 6) is -1.19. The first-order valence-corrected chi connectivity index (χ1v) is 5.33. The summed E-state index contributed by atoms with van der Waals surface area (Å²) in [5.41, 5.74) is -0.794. The number of halogens is 3. The average Bonchev–Trinajstić information content (AvgIpc) is 2.72. The molecule has 1 aromatic rings. The predicted molar refractivity (Wildman–Crippen MR) is 53.1 cm³/mol. The number of hydrogen-bond donors (Lipinski definition) is 1. The van der Waals surface area contributed by atoms with Gasteiger partial charge in [-0.1, -0.05) is 5.16 Å². The minimum Gasteiger partial charge on any atom is -0.337 e. The lowest BCUT2D eigenvalue weighted by Crippen LogP contribution is -2.44. The summed E-state index contributed by atoms with van der Waals surface area (Å²) in [7, 11) is 0. The Kier molecular flexibility index (Phi) is 2.50. The van der Waals surface area contributed by atoms with Gasteiger partial charge in [0.15, 0.2) is 0 Å². The first-order valence-electron chi connectivity index (χ1n) is 5.33. The third-order valence-electron chi connectivity index (χ3n) is 2.45. The zero-order valence-electron chi connectivity index (χ0n) is 9.85. The van der Waals surface area contributed by atoms with Gasteiger partial charge in [-0.3, -0.25) is 5.32 Å². The molecule has 1 aromatic heterocycles. The third-order valence-corrected chi connectivity index (χ3v) is 2.45. The molecule has 1 N–H and O–H groups in total. The number of alkyl halides is 3. The molecular weight excluding hydrogens is 235 g/mol. The molecule has 4 nitrogen and oxygen atoms in total. The largest absolute Gasteiger partial charge is 0.455 e. The highest BCUT2D eigenvalue weighted by Crippen LogP contribution is 2.46. The highest BCUT2D eigenvalue weighted by Gasteiger charge is 2.52. The van der Waals surface area contributed by atoms with Crippen molar-refractivity contribution in [1.82, 2.24) is 15.5 Å². The molecule has 0 bridgehead atoms. The molecule has 1 fully saturated rings. The van der Waals surface area contributed by atoms with Crippen molar-refractivity contribution in [3.05, 3.63) is 11.7 Å². The predicted octanol–water partition coefficient (Wildman–Crippen LogP) is 2.47. The Labute approximate surface area is 96.6 Å². The molecule has 1 heterocycles. The zero-order chi connectivity index (χ0) is 12.9. The van der Waals surface area contributed by atoms with Crippen LogP contribution in [-0.4, -0.2) is 15.7 Å². The molecule has 1 aliphatic carbocycles. The second kappa shape index (κ2) is 3.44. The van der Waals surface area contributed by atoms with E-state index in [0.29, 0.717) is 12.8 Å². The van der Waals surface area contributed by atoms with Crippen LogP contribution < -0.4 is 5.32 Å². The standard InChI is InChI=1S/C10H14F3N3O/c1-8(2,3)16-9(4-5-9)7-14-6(15-17-7)10(11,12)13/h16H,4-5H2,1-3H3. The summed E-state index contributed by atoms with van der Waals surface area (Å²) in [4.78, 5) is 3.43. The highest BCUT2D eigenvalue weighted by atomic mass is 19.4. The fraction of sp³-hybridized carbons (Fsp3) is 0.800. The molecular formula is C10H14F3N3O. The monoisotopic (exact) mass is 249 g/mol. The van der Waals surface area contributed by atoms with Crippen molar-refractivity contribution in [2.45, 2.75) is 50.9 Å². The van der Waals surface area contributed by atoms with Gasteiger partial charge in [-0.2, -0.15) is 18.2 Å². The molecule has 0 spiro atoms. The van der Waals surface area contributed by atoms with Crippen molar-refractivity contribution in [1.29, 1.82) is 0 Å². The molecule has 2 rings (SSSR count). The Balaban J connectivity index is 2.21. The van der Waals surface area contributed by atoms with E-state index in [2.05, 4.69) is 15.5 Å². The second-order valence-electron chi connectivity index (χ2n) is 5.38. The quantitative estimate of drug-likeness (QED) is 0.874. The van der Waals surface area contributed by atoms with E-state index in [-0.39, 0.29) is 11.4 Å². The summed E-state index contributed by atoms with van der Waals surface area (Å²) in [6, 6.07) is 0. The van der Waals surface area contributed by atoms with Crippen LogP contribution in [0.5, 0.6) is 0 Å². The highest BCUT2D eigenvalue weighted by molar-refractivity contribution is 5.15. The van der Waals surface area contributed by atoms with Crippen molar-refractivity contribution < 1.29 is 17.7 Å². The van der Waals surface area contributed by atoms with E-state index in [1.807, 2.05) is 20.8 Å². The molecule has 1 saturated carbocycles. The molecule has 17 heavy (non-hydrogen) atoms. The van der Waals surface area contributed by atoms with Crippen molar-refractivity contribution in [2.24, 2.45) is 0 Å². The normalized spacial score (nSPS) is 19.4. The lowest BCUT2D eigenvalue weighted by atomic mass is 10.1. The van der Waals surface area contributed by atoms with Crippen LogP contribution >= 0.6 is 0 Å². The van der Waals surface area contributed by atoms with Gasteiger partial charge in [0, 0.05) is 5.54 Å². The molecule has 0 unspecified atom stereocenters. The van der Waals surface area contributed by atoms with Crippen LogP contribution in [0.4, 0.5) is 13.2 Å². The van der Waals surface area contributed by atoms with Crippen LogP contribution in [0.3, 0.4) is 0 Å². The van der Waals surface area contributed by atoms with Crippen molar-refractivity contribution >= 4 is 0 Å². The molecule has 0 amide bonds. The van der Waals surface area contributed by atoms with Crippen LogP contribution in [0.25, 0.3) is 0 Å².